The third-order valence-electron chi connectivity index (χ3n) is 2.91. The summed E-state index contributed by atoms with van der Waals surface area (Å²) in [5, 5.41) is 8.83. The summed E-state index contributed by atoms with van der Waals surface area (Å²) in [6.45, 7) is 13.3. The van der Waals surface area contributed by atoms with Crippen LogP contribution >= 0.6 is 0 Å². The first-order valence-electron chi connectivity index (χ1n) is 5.81. The van der Waals surface area contributed by atoms with Crippen LogP contribution in [0.4, 0.5) is 0 Å². The number of carbonyl (C=O) groups is 1. The highest BCUT2D eigenvalue weighted by molar-refractivity contribution is 5.69. The molecule has 4 nitrogen and oxygen atoms in total. The van der Waals surface area contributed by atoms with Gasteiger partial charge in [-0.05, 0) is 6.92 Å². The molecule has 1 aliphatic rings. The fraction of sp³-hybridized carbons (Fsp3) is 0.750. The molecule has 0 amide bonds. The predicted octanol–water partition coefficient (Wildman–Crippen LogP) is 0.901. The van der Waals surface area contributed by atoms with Gasteiger partial charge >= 0.3 is 5.97 Å². The highest BCUT2D eigenvalue weighted by Crippen LogP contribution is 2.07. The van der Waals surface area contributed by atoms with Gasteiger partial charge in [0.15, 0.2) is 0 Å². The van der Waals surface area contributed by atoms with E-state index in [0.29, 0.717) is 6.54 Å². The monoisotopic (exact) mass is 226 g/mol. The Bertz CT molecular complexity index is 258. The SMILES string of the molecule is C=C(C)CN1CCN(CC(C)C(=O)O)CC1. The summed E-state index contributed by atoms with van der Waals surface area (Å²) >= 11 is 0. The largest absolute Gasteiger partial charge is 0.481 e. The van der Waals surface area contributed by atoms with Crippen LogP contribution < -0.4 is 0 Å². The van der Waals surface area contributed by atoms with E-state index >= 15 is 0 Å². The molecule has 0 aliphatic carbocycles. The number of hydrogen-bond donors (Lipinski definition) is 1. The lowest BCUT2D eigenvalue weighted by Crippen LogP contribution is -2.48. The third-order valence-corrected chi connectivity index (χ3v) is 2.91. The van der Waals surface area contributed by atoms with Gasteiger partial charge < -0.3 is 5.11 Å². The Balaban J connectivity index is 2.26. The first-order chi connectivity index (χ1) is 7.49. The van der Waals surface area contributed by atoms with Gasteiger partial charge in [-0.2, -0.15) is 0 Å². The second-order valence-corrected chi connectivity index (χ2v) is 4.77. The van der Waals surface area contributed by atoms with E-state index in [1.165, 1.54) is 5.57 Å². The van der Waals surface area contributed by atoms with Crippen molar-refractivity contribution in [2.45, 2.75) is 13.8 Å². The summed E-state index contributed by atoms with van der Waals surface area (Å²) in [6.07, 6.45) is 0. The number of carboxylic acid groups (broad SMARTS) is 1. The van der Waals surface area contributed by atoms with Gasteiger partial charge in [-0.3, -0.25) is 14.6 Å². The van der Waals surface area contributed by atoms with Crippen molar-refractivity contribution in [3.63, 3.8) is 0 Å². The zero-order chi connectivity index (χ0) is 12.1. The molecular weight excluding hydrogens is 204 g/mol. The number of piperazine rings is 1. The molecule has 1 N–H and O–H groups in total. The molecule has 92 valence electrons. The molecule has 0 radical (unpaired) electrons. The van der Waals surface area contributed by atoms with Crippen LogP contribution in [-0.4, -0.2) is 60.1 Å². The van der Waals surface area contributed by atoms with Crippen molar-refractivity contribution in [1.29, 1.82) is 0 Å². The maximum Gasteiger partial charge on any atom is 0.307 e. The summed E-state index contributed by atoms with van der Waals surface area (Å²) in [7, 11) is 0. The quantitative estimate of drug-likeness (QED) is 0.707. The lowest BCUT2D eigenvalue weighted by atomic mass is 10.1. The van der Waals surface area contributed by atoms with Crippen molar-refractivity contribution >= 4 is 5.97 Å². The van der Waals surface area contributed by atoms with Crippen LogP contribution in [0.25, 0.3) is 0 Å². The van der Waals surface area contributed by atoms with Gasteiger partial charge in [-0.1, -0.05) is 19.1 Å². The summed E-state index contributed by atoms with van der Waals surface area (Å²) in [4.78, 5) is 15.3. The Labute approximate surface area is 97.5 Å². The summed E-state index contributed by atoms with van der Waals surface area (Å²) in [5.41, 5.74) is 1.19. The van der Waals surface area contributed by atoms with Crippen molar-refractivity contribution in [3.05, 3.63) is 12.2 Å². The van der Waals surface area contributed by atoms with Crippen LogP contribution in [0.1, 0.15) is 13.8 Å². The Morgan fingerprint density at radius 1 is 1.31 bits per heavy atom. The molecular formula is C12H22N2O2. The van der Waals surface area contributed by atoms with E-state index < -0.39 is 5.97 Å². The highest BCUT2D eigenvalue weighted by Gasteiger charge is 2.20. The van der Waals surface area contributed by atoms with Crippen LogP contribution in [0.2, 0.25) is 0 Å². The molecule has 1 heterocycles. The molecule has 0 saturated carbocycles. The van der Waals surface area contributed by atoms with Crippen molar-refractivity contribution in [3.8, 4) is 0 Å². The Kier molecular flexibility index (Phi) is 4.96. The predicted molar refractivity (Wildman–Crippen MR) is 64.5 cm³/mol. The maximum absolute atomic E-state index is 10.7. The van der Waals surface area contributed by atoms with Crippen LogP contribution in [-0.2, 0) is 4.79 Å². The van der Waals surface area contributed by atoms with E-state index in [2.05, 4.69) is 16.4 Å². The van der Waals surface area contributed by atoms with Gasteiger partial charge in [0, 0.05) is 39.3 Å². The van der Waals surface area contributed by atoms with Crippen molar-refractivity contribution in [2.24, 2.45) is 5.92 Å². The normalized spacial score (nSPS) is 20.6. The highest BCUT2D eigenvalue weighted by atomic mass is 16.4. The van der Waals surface area contributed by atoms with E-state index in [-0.39, 0.29) is 5.92 Å². The van der Waals surface area contributed by atoms with Gasteiger partial charge in [-0.15, -0.1) is 0 Å². The standard InChI is InChI=1S/C12H22N2O2/c1-10(2)8-13-4-6-14(7-5-13)9-11(3)12(15)16/h11H,1,4-9H2,2-3H3,(H,15,16). The minimum Gasteiger partial charge on any atom is -0.481 e. The molecule has 1 unspecified atom stereocenters. The van der Waals surface area contributed by atoms with Crippen LogP contribution in [0, 0.1) is 5.92 Å². The maximum atomic E-state index is 10.7. The average molecular weight is 226 g/mol. The molecule has 0 aromatic carbocycles. The number of carboxylic acids is 1. The van der Waals surface area contributed by atoms with Gasteiger partial charge in [-0.25, -0.2) is 0 Å². The van der Waals surface area contributed by atoms with Crippen molar-refractivity contribution in [1.82, 2.24) is 9.80 Å². The molecule has 0 aromatic heterocycles. The molecule has 1 fully saturated rings. The summed E-state index contributed by atoms with van der Waals surface area (Å²) in [6, 6.07) is 0. The topological polar surface area (TPSA) is 43.8 Å². The van der Waals surface area contributed by atoms with Gasteiger partial charge in [0.05, 0.1) is 5.92 Å². The molecule has 4 heteroatoms. The Morgan fingerprint density at radius 2 is 1.81 bits per heavy atom. The lowest BCUT2D eigenvalue weighted by molar-refractivity contribution is -0.141. The fourth-order valence-corrected chi connectivity index (χ4v) is 1.98. The van der Waals surface area contributed by atoms with Crippen molar-refractivity contribution < 1.29 is 9.90 Å². The first kappa shape index (κ1) is 13.2. The molecule has 16 heavy (non-hydrogen) atoms. The lowest BCUT2D eigenvalue weighted by Gasteiger charge is -2.35. The van der Waals surface area contributed by atoms with E-state index in [9.17, 15) is 4.79 Å². The zero-order valence-corrected chi connectivity index (χ0v) is 10.3. The second kappa shape index (κ2) is 6.01. The number of aliphatic carboxylic acids is 1. The van der Waals surface area contributed by atoms with Gasteiger partial charge in [0.25, 0.3) is 0 Å². The summed E-state index contributed by atoms with van der Waals surface area (Å²) in [5.74, 6) is -0.975. The van der Waals surface area contributed by atoms with Crippen LogP contribution in [0.15, 0.2) is 12.2 Å². The minimum absolute atomic E-state index is 0.271. The molecule has 1 rings (SSSR count). The number of hydrogen-bond acceptors (Lipinski definition) is 3. The molecule has 0 spiro atoms. The summed E-state index contributed by atoms with van der Waals surface area (Å²) < 4.78 is 0. The van der Waals surface area contributed by atoms with E-state index in [1.807, 2.05) is 6.92 Å². The molecule has 1 saturated heterocycles. The van der Waals surface area contributed by atoms with Gasteiger partial charge in [0.1, 0.15) is 0 Å². The first-order valence-corrected chi connectivity index (χ1v) is 5.81. The molecule has 1 aliphatic heterocycles. The molecule has 0 aromatic rings. The average Bonchev–Trinajstić information content (AvgIpc) is 2.20. The van der Waals surface area contributed by atoms with E-state index in [1.54, 1.807) is 6.92 Å². The molecule has 1 atom stereocenters. The smallest absolute Gasteiger partial charge is 0.307 e. The number of rotatable bonds is 5. The Hall–Kier alpha value is -0.870. The van der Waals surface area contributed by atoms with Crippen LogP contribution in [0.5, 0.6) is 0 Å². The number of nitrogens with zero attached hydrogens (tertiary/aromatic N) is 2. The third kappa shape index (κ3) is 4.33. The minimum atomic E-state index is -0.704. The van der Waals surface area contributed by atoms with Crippen LogP contribution in [0.3, 0.4) is 0 Å². The van der Waals surface area contributed by atoms with Crippen molar-refractivity contribution in [2.75, 3.05) is 39.3 Å². The van der Waals surface area contributed by atoms with E-state index in [0.717, 1.165) is 32.7 Å². The zero-order valence-electron chi connectivity index (χ0n) is 10.3. The Morgan fingerprint density at radius 3 is 2.25 bits per heavy atom. The van der Waals surface area contributed by atoms with Gasteiger partial charge in [0.2, 0.25) is 0 Å². The fourth-order valence-electron chi connectivity index (χ4n) is 1.98. The second-order valence-electron chi connectivity index (χ2n) is 4.77. The van der Waals surface area contributed by atoms with E-state index in [4.69, 9.17) is 5.11 Å². The molecule has 0 bridgehead atoms.